The van der Waals surface area contributed by atoms with Crippen LogP contribution in [0.1, 0.15) is 31.7 Å². The molecule has 2 atom stereocenters. The van der Waals surface area contributed by atoms with Gasteiger partial charge in [-0.3, -0.25) is 15.0 Å². The molecule has 1 aromatic rings. The Bertz CT molecular complexity index is 510. The van der Waals surface area contributed by atoms with Crippen molar-refractivity contribution < 1.29 is 4.92 Å². The van der Waals surface area contributed by atoms with Crippen molar-refractivity contribution in [2.24, 2.45) is 11.7 Å². The number of piperidine rings is 1. The summed E-state index contributed by atoms with van der Waals surface area (Å²) in [4.78, 5) is 13.1. The maximum Gasteiger partial charge on any atom is 0.275 e. The van der Waals surface area contributed by atoms with Gasteiger partial charge in [0.05, 0.1) is 4.92 Å². The van der Waals surface area contributed by atoms with Crippen LogP contribution in [0.5, 0.6) is 0 Å². The fourth-order valence-electron chi connectivity index (χ4n) is 3.07. The molecule has 1 heterocycles. The molecule has 1 aliphatic rings. The average molecular weight is 312 g/mol. The van der Waals surface area contributed by atoms with Crippen molar-refractivity contribution in [3.8, 4) is 0 Å². The van der Waals surface area contributed by atoms with E-state index in [0.29, 0.717) is 29.7 Å². The van der Waals surface area contributed by atoms with Crippen molar-refractivity contribution in [1.29, 1.82) is 0 Å². The fourth-order valence-corrected chi connectivity index (χ4v) is 3.23. The second-order valence-electron chi connectivity index (χ2n) is 5.69. The van der Waals surface area contributed by atoms with Gasteiger partial charge >= 0.3 is 0 Å². The zero-order chi connectivity index (χ0) is 15.4. The van der Waals surface area contributed by atoms with Crippen LogP contribution in [0.25, 0.3) is 0 Å². The second-order valence-corrected chi connectivity index (χ2v) is 6.13. The lowest BCUT2D eigenvalue weighted by Gasteiger charge is -2.38. The third kappa shape index (κ3) is 3.93. The molecule has 0 amide bonds. The van der Waals surface area contributed by atoms with Crippen LogP contribution in [0.4, 0.5) is 5.69 Å². The lowest BCUT2D eigenvalue weighted by molar-refractivity contribution is -0.385. The predicted octanol–water partition coefficient (Wildman–Crippen LogP) is 3.20. The van der Waals surface area contributed by atoms with Gasteiger partial charge in [0.1, 0.15) is 0 Å². The number of nitro groups is 1. The van der Waals surface area contributed by atoms with E-state index in [1.54, 1.807) is 12.1 Å². The highest BCUT2D eigenvalue weighted by atomic mass is 35.5. The first-order valence-corrected chi connectivity index (χ1v) is 7.79. The van der Waals surface area contributed by atoms with Gasteiger partial charge in [0.15, 0.2) is 0 Å². The molecule has 1 aromatic carbocycles. The van der Waals surface area contributed by atoms with Crippen LogP contribution < -0.4 is 5.73 Å². The Kier molecular flexibility index (Phi) is 5.56. The molecular weight excluding hydrogens is 290 g/mol. The molecule has 6 heteroatoms. The first kappa shape index (κ1) is 16.2. The molecule has 116 valence electrons. The van der Waals surface area contributed by atoms with Gasteiger partial charge in [0.25, 0.3) is 5.69 Å². The van der Waals surface area contributed by atoms with Gasteiger partial charge in [0.2, 0.25) is 0 Å². The van der Waals surface area contributed by atoms with Gasteiger partial charge in [-0.05, 0) is 37.4 Å². The second kappa shape index (κ2) is 7.20. The standard InChI is InChI=1S/C15H22ClN3O2/c1-2-11-5-6-18(14(7-11)9-17)10-12-3-4-13(16)8-15(12)19(20)21/h3-4,8,11,14H,2,5-7,9-10,17H2,1H3. The van der Waals surface area contributed by atoms with Gasteiger partial charge in [-0.1, -0.05) is 24.9 Å². The van der Waals surface area contributed by atoms with Crippen molar-refractivity contribution in [1.82, 2.24) is 4.90 Å². The normalized spacial score (nSPS) is 23.2. The Balaban J connectivity index is 2.15. The summed E-state index contributed by atoms with van der Waals surface area (Å²) < 4.78 is 0. The van der Waals surface area contributed by atoms with Crippen LogP contribution in [0.15, 0.2) is 18.2 Å². The largest absolute Gasteiger partial charge is 0.329 e. The van der Waals surface area contributed by atoms with E-state index >= 15 is 0 Å². The minimum absolute atomic E-state index is 0.0934. The summed E-state index contributed by atoms with van der Waals surface area (Å²) in [6.07, 6.45) is 3.38. The molecule has 1 saturated heterocycles. The van der Waals surface area contributed by atoms with Gasteiger partial charge in [-0.2, -0.15) is 0 Å². The number of likely N-dealkylation sites (tertiary alicyclic amines) is 1. The SMILES string of the molecule is CCC1CCN(Cc2ccc(Cl)cc2[N+](=O)[O-])C(CN)C1. The van der Waals surface area contributed by atoms with E-state index in [1.807, 2.05) is 0 Å². The number of hydrogen-bond donors (Lipinski definition) is 1. The van der Waals surface area contributed by atoms with Gasteiger partial charge in [-0.25, -0.2) is 0 Å². The van der Waals surface area contributed by atoms with Crippen LogP contribution >= 0.6 is 11.6 Å². The summed E-state index contributed by atoms with van der Waals surface area (Å²) in [7, 11) is 0. The Hall–Kier alpha value is -1.17. The number of rotatable bonds is 5. The summed E-state index contributed by atoms with van der Waals surface area (Å²) in [6.45, 7) is 4.31. The molecule has 21 heavy (non-hydrogen) atoms. The Morgan fingerprint density at radius 2 is 2.29 bits per heavy atom. The molecule has 0 aromatic heterocycles. The van der Waals surface area contributed by atoms with E-state index in [9.17, 15) is 10.1 Å². The number of benzene rings is 1. The summed E-state index contributed by atoms with van der Waals surface area (Å²) in [5, 5.41) is 11.6. The predicted molar refractivity (Wildman–Crippen MR) is 84.4 cm³/mol. The molecular formula is C15H22ClN3O2. The number of nitrogens with two attached hydrogens (primary N) is 1. The number of nitro benzene ring substituents is 1. The Labute approximate surface area is 130 Å². The van der Waals surface area contributed by atoms with Crippen molar-refractivity contribution in [2.45, 2.75) is 38.8 Å². The van der Waals surface area contributed by atoms with Gasteiger partial charge < -0.3 is 5.73 Å². The van der Waals surface area contributed by atoms with E-state index in [-0.39, 0.29) is 10.6 Å². The van der Waals surface area contributed by atoms with E-state index in [4.69, 9.17) is 17.3 Å². The third-order valence-corrected chi connectivity index (χ3v) is 4.65. The summed E-state index contributed by atoms with van der Waals surface area (Å²) in [6, 6.07) is 5.19. The minimum Gasteiger partial charge on any atom is -0.329 e. The molecule has 0 bridgehead atoms. The molecule has 1 aliphatic heterocycles. The van der Waals surface area contributed by atoms with E-state index in [2.05, 4.69) is 11.8 Å². The van der Waals surface area contributed by atoms with Crippen LogP contribution in [0.3, 0.4) is 0 Å². The van der Waals surface area contributed by atoms with Crippen LogP contribution in [0.2, 0.25) is 5.02 Å². The van der Waals surface area contributed by atoms with E-state index < -0.39 is 0 Å². The molecule has 5 nitrogen and oxygen atoms in total. The van der Waals surface area contributed by atoms with Crippen LogP contribution in [-0.4, -0.2) is 29.0 Å². The average Bonchev–Trinajstić information content (AvgIpc) is 2.49. The Morgan fingerprint density at radius 1 is 1.52 bits per heavy atom. The third-order valence-electron chi connectivity index (χ3n) is 4.41. The molecule has 2 N–H and O–H groups in total. The van der Waals surface area contributed by atoms with Crippen molar-refractivity contribution in [3.63, 3.8) is 0 Å². The number of hydrogen-bond acceptors (Lipinski definition) is 4. The zero-order valence-electron chi connectivity index (χ0n) is 12.3. The van der Waals surface area contributed by atoms with Crippen LogP contribution in [0, 0.1) is 16.0 Å². The molecule has 1 fully saturated rings. The first-order valence-electron chi connectivity index (χ1n) is 7.42. The fraction of sp³-hybridized carbons (Fsp3) is 0.600. The topological polar surface area (TPSA) is 72.4 Å². The van der Waals surface area contributed by atoms with Gasteiger partial charge in [0, 0.05) is 35.8 Å². The molecule has 0 radical (unpaired) electrons. The van der Waals surface area contributed by atoms with E-state index in [1.165, 1.54) is 12.5 Å². The lowest BCUT2D eigenvalue weighted by Crippen LogP contribution is -2.46. The highest BCUT2D eigenvalue weighted by Crippen LogP contribution is 2.29. The number of halogens is 1. The van der Waals surface area contributed by atoms with Crippen molar-refractivity contribution >= 4 is 17.3 Å². The first-order chi connectivity index (χ1) is 10.0. The number of nitrogens with zero attached hydrogens (tertiary/aromatic N) is 2. The monoisotopic (exact) mass is 311 g/mol. The summed E-state index contributed by atoms with van der Waals surface area (Å²) >= 11 is 5.86. The van der Waals surface area contributed by atoms with Gasteiger partial charge in [-0.15, -0.1) is 0 Å². The molecule has 2 rings (SSSR count). The van der Waals surface area contributed by atoms with E-state index in [0.717, 1.165) is 25.3 Å². The molecule has 0 spiro atoms. The van der Waals surface area contributed by atoms with Crippen LogP contribution in [-0.2, 0) is 6.54 Å². The van der Waals surface area contributed by atoms with Crippen molar-refractivity contribution in [2.75, 3.05) is 13.1 Å². The molecule has 2 unspecified atom stereocenters. The quantitative estimate of drug-likeness (QED) is 0.669. The maximum absolute atomic E-state index is 11.2. The molecule has 0 saturated carbocycles. The minimum atomic E-state index is -0.364. The zero-order valence-corrected chi connectivity index (χ0v) is 13.1. The highest BCUT2D eigenvalue weighted by Gasteiger charge is 2.28. The smallest absolute Gasteiger partial charge is 0.275 e. The van der Waals surface area contributed by atoms with Crippen molar-refractivity contribution in [3.05, 3.63) is 38.9 Å². The Morgan fingerprint density at radius 3 is 2.90 bits per heavy atom. The maximum atomic E-state index is 11.2. The summed E-state index contributed by atoms with van der Waals surface area (Å²) in [5.41, 5.74) is 6.69. The summed E-state index contributed by atoms with van der Waals surface area (Å²) in [5.74, 6) is 0.718. The highest BCUT2D eigenvalue weighted by molar-refractivity contribution is 6.30. The molecule has 0 aliphatic carbocycles. The lowest BCUT2D eigenvalue weighted by atomic mass is 9.88.